The SMILES string of the molecule is Cc1cc(CNNc2ccccc2)c(O)c([N+](=O)[O-])c1. The fourth-order valence-electron chi connectivity index (χ4n) is 1.87. The van der Waals surface area contributed by atoms with Crippen LogP contribution in [0.2, 0.25) is 0 Å². The number of nitrogens with one attached hydrogen (secondary N) is 2. The zero-order chi connectivity index (χ0) is 14.5. The summed E-state index contributed by atoms with van der Waals surface area (Å²) >= 11 is 0. The number of aryl methyl sites for hydroxylation is 1. The Labute approximate surface area is 116 Å². The number of phenols is 1. The van der Waals surface area contributed by atoms with Gasteiger partial charge in [0.1, 0.15) is 0 Å². The highest BCUT2D eigenvalue weighted by molar-refractivity contribution is 5.53. The summed E-state index contributed by atoms with van der Waals surface area (Å²) in [6.45, 7) is 2.02. The lowest BCUT2D eigenvalue weighted by Crippen LogP contribution is -2.21. The van der Waals surface area contributed by atoms with Crippen molar-refractivity contribution >= 4 is 11.4 Å². The molecule has 0 spiro atoms. The molecule has 0 aromatic heterocycles. The molecule has 0 saturated heterocycles. The van der Waals surface area contributed by atoms with Gasteiger partial charge in [0.2, 0.25) is 0 Å². The topological polar surface area (TPSA) is 87.4 Å². The minimum atomic E-state index is -0.587. The average molecular weight is 273 g/mol. The van der Waals surface area contributed by atoms with E-state index in [-0.39, 0.29) is 18.0 Å². The second-order valence-corrected chi connectivity index (χ2v) is 4.39. The van der Waals surface area contributed by atoms with Crippen molar-refractivity contribution in [3.63, 3.8) is 0 Å². The molecule has 3 N–H and O–H groups in total. The summed E-state index contributed by atoms with van der Waals surface area (Å²) in [6.07, 6.45) is 0. The molecule has 20 heavy (non-hydrogen) atoms. The average Bonchev–Trinajstić information content (AvgIpc) is 2.43. The minimum absolute atomic E-state index is 0.267. The van der Waals surface area contributed by atoms with Crippen LogP contribution in [0.15, 0.2) is 42.5 Å². The van der Waals surface area contributed by atoms with Crippen LogP contribution in [0, 0.1) is 17.0 Å². The Morgan fingerprint density at radius 1 is 1.25 bits per heavy atom. The summed E-state index contributed by atoms with van der Waals surface area (Å²) in [6, 6.07) is 12.5. The maximum atomic E-state index is 10.8. The Hall–Kier alpha value is -2.60. The van der Waals surface area contributed by atoms with E-state index in [1.165, 1.54) is 6.07 Å². The summed E-state index contributed by atoms with van der Waals surface area (Å²) in [5, 5.41) is 20.7. The van der Waals surface area contributed by atoms with Gasteiger partial charge in [-0.3, -0.25) is 10.1 Å². The van der Waals surface area contributed by atoms with Gasteiger partial charge in [-0.1, -0.05) is 24.3 Å². The number of aromatic hydroxyl groups is 1. The smallest absolute Gasteiger partial charge is 0.311 e. The fraction of sp³-hybridized carbons (Fsp3) is 0.143. The molecule has 6 heteroatoms. The fourth-order valence-corrected chi connectivity index (χ4v) is 1.87. The number of hydrogen-bond acceptors (Lipinski definition) is 5. The van der Waals surface area contributed by atoms with Gasteiger partial charge in [0.05, 0.1) is 4.92 Å². The van der Waals surface area contributed by atoms with E-state index in [0.29, 0.717) is 5.56 Å². The quantitative estimate of drug-likeness (QED) is 0.576. The lowest BCUT2D eigenvalue weighted by Gasteiger charge is -2.10. The first-order valence-electron chi connectivity index (χ1n) is 6.08. The first kappa shape index (κ1) is 13.8. The number of benzene rings is 2. The molecule has 0 aliphatic heterocycles. The van der Waals surface area contributed by atoms with Gasteiger partial charge in [-0.05, 0) is 24.6 Å². The summed E-state index contributed by atoms with van der Waals surface area (Å²) in [4.78, 5) is 10.2. The maximum absolute atomic E-state index is 10.8. The van der Waals surface area contributed by atoms with Gasteiger partial charge < -0.3 is 10.5 Å². The van der Waals surface area contributed by atoms with E-state index in [4.69, 9.17) is 0 Å². The molecular formula is C14H15N3O3. The van der Waals surface area contributed by atoms with Gasteiger partial charge in [0.25, 0.3) is 0 Å². The summed E-state index contributed by atoms with van der Waals surface area (Å²) in [7, 11) is 0. The van der Waals surface area contributed by atoms with E-state index in [0.717, 1.165) is 11.3 Å². The Morgan fingerprint density at radius 3 is 2.60 bits per heavy atom. The first-order valence-corrected chi connectivity index (χ1v) is 6.08. The second kappa shape index (κ2) is 6.03. The van der Waals surface area contributed by atoms with Crippen LogP contribution >= 0.6 is 0 Å². The van der Waals surface area contributed by atoms with Gasteiger partial charge >= 0.3 is 5.69 Å². The first-order chi connectivity index (χ1) is 9.58. The van der Waals surface area contributed by atoms with Crippen molar-refractivity contribution in [1.29, 1.82) is 0 Å². The van der Waals surface area contributed by atoms with Gasteiger partial charge in [-0.15, -0.1) is 0 Å². The number of para-hydroxylation sites is 1. The number of rotatable bonds is 5. The highest BCUT2D eigenvalue weighted by Gasteiger charge is 2.17. The normalized spacial score (nSPS) is 10.2. The van der Waals surface area contributed by atoms with Crippen LogP contribution in [0.5, 0.6) is 5.75 Å². The van der Waals surface area contributed by atoms with Crippen LogP contribution in [0.4, 0.5) is 11.4 Å². The molecule has 0 unspecified atom stereocenters. The van der Waals surface area contributed by atoms with E-state index < -0.39 is 4.92 Å². The van der Waals surface area contributed by atoms with Crippen molar-refractivity contribution in [2.75, 3.05) is 5.43 Å². The van der Waals surface area contributed by atoms with Crippen LogP contribution in [0.1, 0.15) is 11.1 Å². The largest absolute Gasteiger partial charge is 0.502 e. The van der Waals surface area contributed by atoms with E-state index >= 15 is 0 Å². The molecule has 0 heterocycles. The summed E-state index contributed by atoms with van der Waals surface area (Å²) < 4.78 is 0. The lowest BCUT2D eigenvalue weighted by molar-refractivity contribution is -0.386. The predicted octanol–water partition coefficient (Wildman–Crippen LogP) is 2.73. The van der Waals surface area contributed by atoms with Crippen molar-refractivity contribution in [2.24, 2.45) is 0 Å². The summed E-state index contributed by atoms with van der Waals surface area (Å²) in [5.74, 6) is -0.303. The van der Waals surface area contributed by atoms with Crippen molar-refractivity contribution < 1.29 is 10.0 Å². The van der Waals surface area contributed by atoms with E-state index in [1.807, 2.05) is 30.3 Å². The highest BCUT2D eigenvalue weighted by Crippen LogP contribution is 2.30. The molecule has 2 rings (SSSR count). The Morgan fingerprint density at radius 2 is 1.95 bits per heavy atom. The molecule has 6 nitrogen and oxygen atoms in total. The van der Waals surface area contributed by atoms with Gasteiger partial charge in [-0.25, -0.2) is 5.43 Å². The van der Waals surface area contributed by atoms with Crippen LogP contribution in [-0.2, 0) is 6.54 Å². The summed E-state index contributed by atoms with van der Waals surface area (Å²) in [5.41, 5.74) is 7.67. The van der Waals surface area contributed by atoms with Gasteiger partial charge in [-0.2, -0.15) is 0 Å². The molecule has 0 amide bonds. The van der Waals surface area contributed by atoms with Gasteiger partial charge in [0, 0.05) is 23.9 Å². The zero-order valence-corrected chi connectivity index (χ0v) is 11.0. The van der Waals surface area contributed by atoms with Gasteiger partial charge in [0.15, 0.2) is 5.75 Å². The van der Waals surface area contributed by atoms with Crippen molar-refractivity contribution in [3.05, 3.63) is 63.7 Å². The van der Waals surface area contributed by atoms with Crippen LogP contribution in [0.3, 0.4) is 0 Å². The molecule has 0 aliphatic carbocycles. The molecule has 0 fully saturated rings. The number of hydrogen-bond donors (Lipinski definition) is 3. The van der Waals surface area contributed by atoms with E-state index in [2.05, 4.69) is 10.9 Å². The second-order valence-electron chi connectivity index (χ2n) is 4.39. The lowest BCUT2D eigenvalue weighted by atomic mass is 10.1. The molecule has 0 radical (unpaired) electrons. The zero-order valence-electron chi connectivity index (χ0n) is 11.0. The molecule has 0 bridgehead atoms. The minimum Gasteiger partial charge on any atom is -0.502 e. The predicted molar refractivity (Wildman–Crippen MR) is 76.4 cm³/mol. The third-order valence-electron chi connectivity index (χ3n) is 2.80. The van der Waals surface area contributed by atoms with Crippen LogP contribution in [0.25, 0.3) is 0 Å². The number of nitrogens with zero attached hydrogens (tertiary/aromatic N) is 1. The van der Waals surface area contributed by atoms with Crippen molar-refractivity contribution in [2.45, 2.75) is 13.5 Å². The molecule has 104 valence electrons. The molecular weight excluding hydrogens is 258 g/mol. The Bertz CT molecular complexity index is 615. The van der Waals surface area contributed by atoms with E-state index in [1.54, 1.807) is 13.0 Å². The number of anilines is 1. The van der Waals surface area contributed by atoms with E-state index in [9.17, 15) is 15.2 Å². The molecule has 0 atom stereocenters. The third-order valence-corrected chi connectivity index (χ3v) is 2.80. The number of nitro benzene ring substituents is 1. The monoisotopic (exact) mass is 273 g/mol. The van der Waals surface area contributed by atoms with Crippen molar-refractivity contribution in [3.8, 4) is 5.75 Å². The Balaban J connectivity index is 2.08. The number of nitro groups is 1. The number of phenolic OH excluding ortho intramolecular Hbond substituents is 1. The molecule has 2 aromatic carbocycles. The van der Waals surface area contributed by atoms with Crippen LogP contribution < -0.4 is 10.9 Å². The number of hydrazine groups is 1. The third kappa shape index (κ3) is 3.24. The molecule has 0 saturated carbocycles. The van der Waals surface area contributed by atoms with Crippen molar-refractivity contribution in [1.82, 2.24) is 5.43 Å². The van der Waals surface area contributed by atoms with Crippen LogP contribution in [-0.4, -0.2) is 10.0 Å². The Kier molecular flexibility index (Phi) is 4.17. The maximum Gasteiger partial charge on any atom is 0.311 e. The molecule has 0 aliphatic rings. The standard InChI is InChI=1S/C14H15N3O3/c1-10-7-11(14(18)13(8-10)17(19)20)9-15-16-12-5-3-2-4-6-12/h2-8,15-16,18H,9H2,1H3. The highest BCUT2D eigenvalue weighted by atomic mass is 16.6. The molecule has 2 aromatic rings.